The van der Waals surface area contributed by atoms with E-state index in [1.54, 1.807) is 11.8 Å². The molecule has 3 aliphatic rings. The first-order valence-corrected chi connectivity index (χ1v) is 12.5. The van der Waals surface area contributed by atoms with Gasteiger partial charge in [-0.05, 0) is 72.7 Å². The lowest BCUT2D eigenvalue weighted by Crippen LogP contribution is -2.33. The normalized spacial score (nSPS) is 20.8. The Morgan fingerprint density at radius 2 is 2.03 bits per heavy atom. The molecule has 1 aliphatic carbocycles. The number of carbonyl (C=O) groups is 1. The molecular weight excluding hydrogens is 462 g/mol. The number of aryl methyl sites for hydroxylation is 1. The zero-order chi connectivity index (χ0) is 24.1. The van der Waals surface area contributed by atoms with Crippen molar-refractivity contribution in [1.82, 2.24) is 14.9 Å². The number of rotatable bonds is 4. The van der Waals surface area contributed by atoms with Crippen LogP contribution in [0.5, 0.6) is 0 Å². The Kier molecular flexibility index (Phi) is 5.61. The monoisotopic (exact) mass is 489 g/mol. The maximum Gasteiger partial charge on any atom is 0.315 e. The van der Waals surface area contributed by atoms with Crippen molar-refractivity contribution in [3.8, 4) is 0 Å². The van der Waals surface area contributed by atoms with Gasteiger partial charge in [-0.15, -0.1) is 0 Å². The highest BCUT2D eigenvalue weighted by atomic mass is 35.5. The first-order chi connectivity index (χ1) is 17.0. The molecule has 0 spiro atoms. The van der Waals surface area contributed by atoms with Crippen LogP contribution in [0, 0.1) is 0 Å². The number of likely N-dealkylation sites (N-methyl/N-ethyl adjacent to an activating group) is 1. The van der Waals surface area contributed by atoms with Crippen LogP contribution in [0.4, 0.5) is 23.1 Å². The molecule has 2 atom stereocenters. The van der Waals surface area contributed by atoms with Gasteiger partial charge in [-0.3, -0.25) is 4.79 Å². The quantitative estimate of drug-likeness (QED) is 0.508. The van der Waals surface area contributed by atoms with Crippen molar-refractivity contribution in [2.24, 2.45) is 0 Å². The topological polar surface area (TPSA) is 70.6 Å². The van der Waals surface area contributed by atoms with Gasteiger partial charge in [0.2, 0.25) is 5.95 Å². The van der Waals surface area contributed by atoms with Gasteiger partial charge in [-0.25, -0.2) is 4.98 Å². The zero-order valence-electron chi connectivity index (χ0n) is 19.9. The second-order valence-corrected chi connectivity index (χ2v) is 10.1. The number of halogens is 1. The third kappa shape index (κ3) is 3.93. The predicted molar refractivity (Wildman–Crippen MR) is 137 cm³/mol. The molecule has 3 aromatic rings. The molecule has 0 amide bonds. The SMILES string of the molecule is COC(=O)C1CN(c2nc(Nc3cc4c5c(c3)CN(C)CC5CCC4)ncc2Cl)c2ccccc21. The fourth-order valence-corrected chi connectivity index (χ4v) is 6.19. The number of ether oxygens (including phenoxy) is 1. The average Bonchev–Trinajstić information content (AvgIpc) is 3.24. The molecule has 8 heteroatoms. The second kappa shape index (κ2) is 8.81. The molecule has 7 nitrogen and oxygen atoms in total. The summed E-state index contributed by atoms with van der Waals surface area (Å²) in [6, 6.07) is 12.3. The first-order valence-electron chi connectivity index (χ1n) is 12.1. The number of nitrogens with zero attached hydrogens (tertiary/aromatic N) is 4. The van der Waals surface area contributed by atoms with Gasteiger partial charge >= 0.3 is 5.97 Å². The number of para-hydroxylation sites is 1. The van der Waals surface area contributed by atoms with Crippen LogP contribution in [0.2, 0.25) is 5.02 Å². The van der Waals surface area contributed by atoms with Crippen LogP contribution in [0.1, 0.15) is 46.9 Å². The molecule has 35 heavy (non-hydrogen) atoms. The average molecular weight is 490 g/mol. The first kappa shape index (κ1) is 22.3. The Labute approximate surface area is 210 Å². The third-order valence-electron chi connectivity index (χ3n) is 7.42. The highest BCUT2D eigenvalue weighted by molar-refractivity contribution is 6.33. The minimum atomic E-state index is -0.391. The molecule has 0 bridgehead atoms. The van der Waals surface area contributed by atoms with Gasteiger partial charge in [-0.1, -0.05) is 29.8 Å². The number of hydrogen-bond acceptors (Lipinski definition) is 7. The summed E-state index contributed by atoms with van der Waals surface area (Å²) >= 11 is 6.57. The number of fused-ring (bicyclic) bond motifs is 1. The molecule has 2 unspecified atom stereocenters. The van der Waals surface area contributed by atoms with E-state index >= 15 is 0 Å². The summed E-state index contributed by atoms with van der Waals surface area (Å²) in [6.45, 7) is 2.51. The van der Waals surface area contributed by atoms with Crippen molar-refractivity contribution in [3.05, 3.63) is 69.9 Å². The summed E-state index contributed by atoms with van der Waals surface area (Å²) < 4.78 is 5.05. The minimum absolute atomic E-state index is 0.269. The lowest BCUT2D eigenvalue weighted by molar-refractivity contribution is -0.142. The maximum atomic E-state index is 12.4. The van der Waals surface area contributed by atoms with E-state index in [1.807, 2.05) is 29.2 Å². The molecular formula is C27H28ClN5O2. The Morgan fingerprint density at radius 3 is 2.89 bits per heavy atom. The van der Waals surface area contributed by atoms with E-state index in [9.17, 15) is 4.79 Å². The number of nitrogens with one attached hydrogen (secondary N) is 1. The molecule has 1 N–H and O–H groups in total. The van der Waals surface area contributed by atoms with Crippen LogP contribution in [0.15, 0.2) is 42.6 Å². The number of benzene rings is 2. The van der Waals surface area contributed by atoms with E-state index in [-0.39, 0.29) is 5.97 Å². The standard InChI is InChI=1S/C27H28ClN5O2/c1-32-13-17-7-5-6-16-10-19(11-18(14-32)24(16)17)30-27-29-12-22(28)25(31-27)33-15-21(26(34)35-2)20-8-3-4-9-23(20)33/h3-4,8-12,17,21H,5-7,13-15H2,1-2H3,(H,29,30,31). The molecule has 3 heterocycles. The van der Waals surface area contributed by atoms with Crippen molar-refractivity contribution in [2.75, 3.05) is 37.5 Å². The number of aromatic nitrogens is 2. The number of hydrogen-bond donors (Lipinski definition) is 1. The van der Waals surface area contributed by atoms with Crippen LogP contribution in [0.3, 0.4) is 0 Å². The van der Waals surface area contributed by atoms with Gasteiger partial charge < -0.3 is 19.9 Å². The van der Waals surface area contributed by atoms with Gasteiger partial charge in [0.15, 0.2) is 5.82 Å². The van der Waals surface area contributed by atoms with Crippen molar-refractivity contribution in [3.63, 3.8) is 0 Å². The molecule has 0 saturated heterocycles. The van der Waals surface area contributed by atoms with Crippen LogP contribution in [0.25, 0.3) is 0 Å². The van der Waals surface area contributed by atoms with E-state index < -0.39 is 5.92 Å². The van der Waals surface area contributed by atoms with Crippen LogP contribution in [-0.2, 0) is 22.5 Å². The lowest BCUT2D eigenvalue weighted by Gasteiger charge is -2.37. The lowest BCUT2D eigenvalue weighted by atomic mass is 9.77. The largest absolute Gasteiger partial charge is 0.468 e. The summed E-state index contributed by atoms with van der Waals surface area (Å²) in [5, 5.41) is 3.86. The Morgan fingerprint density at radius 1 is 1.20 bits per heavy atom. The summed E-state index contributed by atoms with van der Waals surface area (Å²) in [6.07, 6.45) is 5.23. The van der Waals surface area contributed by atoms with E-state index in [0.717, 1.165) is 36.4 Å². The van der Waals surface area contributed by atoms with Gasteiger partial charge in [0.1, 0.15) is 10.9 Å². The van der Waals surface area contributed by atoms with E-state index in [2.05, 4.69) is 34.4 Å². The second-order valence-electron chi connectivity index (χ2n) is 9.73. The Bertz CT molecular complexity index is 1310. The van der Waals surface area contributed by atoms with Crippen molar-refractivity contribution in [2.45, 2.75) is 37.6 Å². The molecule has 6 rings (SSSR count). The van der Waals surface area contributed by atoms with Crippen LogP contribution < -0.4 is 10.2 Å². The molecule has 180 valence electrons. The zero-order valence-corrected chi connectivity index (χ0v) is 20.7. The molecule has 0 fully saturated rings. The fraction of sp³-hybridized carbons (Fsp3) is 0.370. The van der Waals surface area contributed by atoms with Crippen LogP contribution >= 0.6 is 11.6 Å². The maximum absolute atomic E-state index is 12.4. The third-order valence-corrected chi connectivity index (χ3v) is 7.69. The minimum Gasteiger partial charge on any atom is -0.468 e. The number of anilines is 4. The highest BCUT2D eigenvalue weighted by Crippen LogP contribution is 2.43. The summed E-state index contributed by atoms with van der Waals surface area (Å²) in [5.74, 6) is 1.03. The Hall–Kier alpha value is -3.16. The van der Waals surface area contributed by atoms with E-state index in [0.29, 0.717) is 29.3 Å². The van der Waals surface area contributed by atoms with Gasteiger partial charge in [0, 0.05) is 31.0 Å². The number of methoxy groups -OCH3 is 1. The van der Waals surface area contributed by atoms with E-state index in [4.69, 9.17) is 21.3 Å². The smallest absolute Gasteiger partial charge is 0.315 e. The van der Waals surface area contributed by atoms with Crippen molar-refractivity contribution >= 4 is 40.7 Å². The van der Waals surface area contributed by atoms with Gasteiger partial charge in [0.25, 0.3) is 0 Å². The molecule has 0 saturated carbocycles. The molecule has 2 aliphatic heterocycles. The van der Waals surface area contributed by atoms with E-state index in [1.165, 1.54) is 31.1 Å². The fourth-order valence-electron chi connectivity index (χ4n) is 6.00. The molecule has 0 radical (unpaired) electrons. The van der Waals surface area contributed by atoms with Crippen LogP contribution in [-0.4, -0.2) is 48.1 Å². The number of carbonyl (C=O) groups excluding carboxylic acids is 1. The molecule has 2 aromatic carbocycles. The number of esters is 1. The molecule has 1 aromatic heterocycles. The van der Waals surface area contributed by atoms with Crippen molar-refractivity contribution in [1.29, 1.82) is 0 Å². The summed E-state index contributed by atoms with van der Waals surface area (Å²) in [4.78, 5) is 26.1. The summed E-state index contributed by atoms with van der Waals surface area (Å²) in [7, 11) is 3.61. The Balaban J connectivity index is 1.33. The summed E-state index contributed by atoms with van der Waals surface area (Å²) in [5.41, 5.74) is 7.21. The van der Waals surface area contributed by atoms with Gasteiger partial charge in [0.05, 0.1) is 13.3 Å². The van der Waals surface area contributed by atoms with Crippen molar-refractivity contribution < 1.29 is 9.53 Å². The highest BCUT2D eigenvalue weighted by Gasteiger charge is 2.36. The van der Waals surface area contributed by atoms with Gasteiger partial charge in [-0.2, -0.15) is 4.98 Å². The predicted octanol–water partition coefficient (Wildman–Crippen LogP) is 5.15.